The van der Waals surface area contributed by atoms with Crippen LogP contribution in [0.3, 0.4) is 0 Å². The van der Waals surface area contributed by atoms with Crippen LogP contribution in [0.15, 0.2) is 18.3 Å². The molecule has 1 aliphatic rings. The molecule has 0 saturated carbocycles. The second kappa shape index (κ2) is 5.61. The zero-order valence-corrected chi connectivity index (χ0v) is 11.1. The standard InChI is InChI=1S/C14H23N3/c1-4-14-8-16-12(3)9-17(14)10-13-6-5-11(2)15-7-13/h5-7,12,14,16H,4,8-10H2,1-3H3. The van der Waals surface area contributed by atoms with E-state index in [1.54, 1.807) is 0 Å². The second-order valence-corrected chi connectivity index (χ2v) is 5.11. The van der Waals surface area contributed by atoms with E-state index in [0.717, 1.165) is 25.3 Å². The van der Waals surface area contributed by atoms with Crippen LogP contribution in [0.4, 0.5) is 0 Å². The van der Waals surface area contributed by atoms with Crippen LogP contribution in [0.5, 0.6) is 0 Å². The van der Waals surface area contributed by atoms with Crippen molar-refractivity contribution in [2.45, 2.75) is 45.8 Å². The lowest BCUT2D eigenvalue weighted by atomic mass is 10.1. The van der Waals surface area contributed by atoms with Gasteiger partial charge in [0.05, 0.1) is 0 Å². The lowest BCUT2D eigenvalue weighted by Crippen LogP contribution is -2.54. The Labute approximate surface area is 104 Å². The Hall–Kier alpha value is -0.930. The fourth-order valence-electron chi connectivity index (χ4n) is 2.45. The molecule has 2 unspecified atom stereocenters. The lowest BCUT2D eigenvalue weighted by Gasteiger charge is -2.39. The molecule has 2 atom stereocenters. The van der Waals surface area contributed by atoms with Gasteiger partial charge < -0.3 is 5.32 Å². The zero-order chi connectivity index (χ0) is 12.3. The van der Waals surface area contributed by atoms with Gasteiger partial charge in [0.15, 0.2) is 0 Å². The van der Waals surface area contributed by atoms with Crippen LogP contribution < -0.4 is 5.32 Å². The lowest BCUT2D eigenvalue weighted by molar-refractivity contribution is 0.124. The van der Waals surface area contributed by atoms with Crippen molar-refractivity contribution >= 4 is 0 Å². The van der Waals surface area contributed by atoms with E-state index in [9.17, 15) is 0 Å². The third-order valence-electron chi connectivity index (χ3n) is 3.56. The molecule has 2 heterocycles. The van der Waals surface area contributed by atoms with Crippen LogP contribution in [0.2, 0.25) is 0 Å². The molecule has 0 spiro atoms. The summed E-state index contributed by atoms with van der Waals surface area (Å²) in [4.78, 5) is 6.95. The van der Waals surface area contributed by atoms with E-state index in [0.29, 0.717) is 12.1 Å². The third kappa shape index (κ3) is 3.27. The molecule has 0 bridgehead atoms. The molecule has 1 aliphatic heterocycles. The van der Waals surface area contributed by atoms with Crippen molar-refractivity contribution in [3.63, 3.8) is 0 Å². The van der Waals surface area contributed by atoms with Crippen molar-refractivity contribution in [3.8, 4) is 0 Å². The minimum atomic E-state index is 0.594. The van der Waals surface area contributed by atoms with Crippen molar-refractivity contribution in [1.82, 2.24) is 15.2 Å². The molecule has 1 aromatic heterocycles. The first-order chi connectivity index (χ1) is 8.19. The molecule has 1 N–H and O–H groups in total. The average molecular weight is 233 g/mol. The Morgan fingerprint density at radius 2 is 2.29 bits per heavy atom. The highest BCUT2D eigenvalue weighted by Crippen LogP contribution is 2.14. The van der Waals surface area contributed by atoms with E-state index in [-0.39, 0.29) is 0 Å². The quantitative estimate of drug-likeness (QED) is 0.865. The molecule has 17 heavy (non-hydrogen) atoms. The second-order valence-electron chi connectivity index (χ2n) is 5.11. The Kier molecular flexibility index (Phi) is 4.13. The van der Waals surface area contributed by atoms with Crippen molar-refractivity contribution in [2.75, 3.05) is 13.1 Å². The first-order valence-electron chi connectivity index (χ1n) is 6.58. The van der Waals surface area contributed by atoms with E-state index < -0.39 is 0 Å². The molecule has 94 valence electrons. The number of nitrogens with one attached hydrogen (secondary N) is 1. The van der Waals surface area contributed by atoms with Crippen LogP contribution in [0, 0.1) is 6.92 Å². The number of rotatable bonds is 3. The van der Waals surface area contributed by atoms with Gasteiger partial charge in [-0.25, -0.2) is 0 Å². The SMILES string of the molecule is CCC1CNC(C)CN1Cc1ccc(C)nc1. The van der Waals surface area contributed by atoms with Gasteiger partial charge in [-0.1, -0.05) is 13.0 Å². The molecule has 3 heteroatoms. The van der Waals surface area contributed by atoms with Crippen LogP contribution in [-0.4, -0.2) is 35.1 Å². The highest BCUT2D eigenvalue weighted by Gasteiger charge is 2.24. The number of piperazine rings is 1. The molecule has 0 aliphatic carbocycles. The van der Waals surface area contributed by atoms with Gasteiger partial charge in [-0.3, -0.25) is 9.88 Å². The molecule has 3 nitrogen and oxygen atoms in total. The molecular formula is C14H23N3. The number of pyridine rings is 1. The molecule has 1 aromatic rings. The number of aromatic nitrogens is 1. The summed E-state index contributed by atoms with van der Waals surface area (Å²) >= 11 is 0. The van der Waals surface area contributed by atoms with Gasteiger partial charge in [0, 0.05) is 43.6 Å². The minimum Gasteiger partial charge on any atom is -0.311 e. The number of nitrogens with zero attached hydrogens (tertiary/aromatic N) is 2. The molecule has 0 amide bonds. The number of hydrogen-bond acceptors (Lipinski definition) is 3. The number of aryl methyl sites for hydroxylation is 1. The van der Waals surface area contributed by atoms with Crippen molar-refractivity contribution < 1.29 is 0 Å². The van der Waals surface area contributed by atoms with E-state index >= 15 is 0 Å². The number of hydrogen-bond donors (Lipinski definition) is 1. The van der Waals surface area contributed by atoms with Gasteiger partial charge in [0.1, 0.15) is 0 Å². The Morgan fingerprint density at radius 1 is 1.47 bits per heavy atom. The maximum atomic E-state index is 4.37. The molecule has 0 radical (unpaired) electrons. The summed E-state index contributed by atoms with van der Waals surface area (Å²) in [6.45, 7) is 9.82. The summed E-state index contributed by atoms with van der Waals surface area (Å²) in [6, 6.07) is 5.55. The fraction of sp³-hybridized carbons (Fsp3) is 0.643. The van der Waals surface area contributed by atoms with Crippen molar-refractivity contribution in [3.05, 3.63) is 29.6 Å². The first kappa shape index (κ1) is 12.5. The van der Waals surface area contributed by atoms with Crippen LogP contribution in [0.1, 0.15) is 31.5 Å². The molecule has 2 rings (SSSR count). The Balaban J connectivity index is 2.02. The summed E-state index contributed by atoms with van der Waals surface area (Å²) in [7, 11) is 0. The Bertz CT molecular complexity index is 347. The van der Waals surface area contributed by atoms with Gasteiger partial charge in [0.25, 0.3) is 0 Å². The highest BCUT2D eigenvalue weighted by molar-refractivity contribution is 5.13. The largest absolute Gasteiger partial charge is 0.311 e. The maximum absolute atomic E-state index is 4.37. The van der Waals surface area contributed by atoms with Gasteiger partial charge >= 0.3 is 0 Å². The Morgan fingerprint density at radius 3 is 2.94 bits per heavy atom. The van der Waals surface area contributed by atoms with Crippen LogP contribution >= 0.6 is 0 Å². The third-order valence-corrected chi connectivity index (χ3v) is 3.56. The van der Waals surface area contributed by atoms with E-state index in [4.69, 9.17) is 0 Å². The van der Waals surface area contributed by atoms with Crippen molar-refractivity contribution in [2.24, 2.45) is 0 Å². The van der Waals surface area contributed by atoms with Gasteiger partial charge in [-0.15, -0.1) is 0 Å². The highest BCUT2D eigenvalue weighted by atomic mass is 15.2. The molecular weight excluding hydrogens is 210 g/mol. The van der Waals surface area contributed by atoms with E-state index in [2.05, 4.69) is 41.2 Å². The molecule has 0 aromatic carbocycles. The summed E-state index contributed by atoms with van der Waals surface area (Å²) < 4.78 is 0. The van der Waals surface area contributed by atoms with Crippen molar-refractivity contribution in [1.29, 1.82) is 0 Å². The van der Waals surface area contributed by atoms with E-state index in [1.807, 2.05) is 13.1 Å². The van der Waals surface area contributed by atoms with Gasteiger partial charge in [0.2, 0.25) is 0 Å². The van der Waals surface area contributed by atoms with Gasteiger partial charge in [-0.2, -0.15) is 0 Å². The summed E-state index contributed by atoms with van der Waals surface area (Å²) in [5.41, 5.74) is 2.41. The topological polar surface area (TPSA) is 28.2 Å². The van der Waals surface area contributed by atoms with Crippen LogP contribution in [-0.2, 0) is 6.54 Å². The monoisotopic (exact) mass is 233 g/mol. The predicted molar refractivity (Wildman–Crippen MR) is 70.9 cm³/mol. The minimum absolute atomic E-state index is 0.594. The summed E-state index contributed by atoms with van der Waals surface area (Å²) in [5.74, 6) is 0. The zero-order valence-electron chi connectivity index (χ0n) is 11.1. The summed E-state index contributed by atoms with van der Waals surface area (Å²) in [5, 5.41) is 3.55. The predicted octanol–water partition coefficient (Wildman–Crippen LogP) is 1.96. The maximum Gasteiger partial charge on any atom is 0.0372 e. The van der Waals surface area contributed by atoms with Gasteiger partial charge in [-0.05, 0) is 31.9 Å². The smallest absolute Gasteiger partial charge is 0.0372 e. The summed E-state index contributed by atoms with van der Waals surface area (Å²) in [6.07, 6.45) is 3.22. The van der Waals surface area contributed by atoms with Crippen LogP contribution in [0.25, 0.3) is 0 Å². The molecule has 1 saturated heterocycles. The molecule has 1 fully saturated rings. The van der Waals surface area contributed by atoms with E-state index in [1.165, 1.54) is 12.0 Å². The normalized spacial score (nSPS) is 26.1. The first-order valence-corrected chi connectivity index (χ1v) is 6.58. The average Bonchev–Trinajstić information content (AvgIpc) is 2.32. The fourth-order valence-corrected chi connectivity index (χ4v) is 2.45.